The fraction of sp³-hybridized carbons (Fsp3) is 0.167. The molecule has 1 aromatic heterocycles. The zero-order valence-corrected chi connectivity index (χ0v) is 12.7. The van der Waals surface area contributed by atoms with Crippen LogP contribution < -0.4 is 4.74 Å². The molecule has 23 heavy (non-hydrogen) atoms. The van der Waals surface area contributed by atoms with Crippen molar-refractivity contribution in [3.05, 3.63) is 78.1 Å². The second-order valence-corrected chi connectivity index (χ2v) is 5.30. The Morgan fingerprint density at radius 3 is 2.87 bits per heavy atom. The van der Waals surface area contributed by atoms with Crippen LogP contribution in [0.4, 0.5) is 4.39 Å². The van der Waals surface area contributed by atoms with Crippen molar-refractivity contribution in [2.45, 2.75) is 13.0 Å². The van der Waals surface area contributed by atoms with Crippen LogP contribution in [-0.4, -0.2) is 21.3 Å². The number of halogens is 1. The summed E-state index contributed by atoms with van der Waals surface area (Å²) in [4.78, 5) is 4.01. The van der Waals surface area contributed by atoms with Crippen molar-refractivity contribution < 1.29 is 14.2 Å². The van der Waals surface area contributed by atoms with Gasteiger partial charge in [-0.25, -0.2) is 9.37 Å². The summed E-state index contributed by atoms with van der Waals surface area (Å²) in [6.07, 6.45) is 4.44. The van der Waals surface area contributed by atoms with E-state index in [0.29, 0.717) is 16.9 Å². The predicted octanol–water partition coefficient (Wildman–Crippen LogP) is 3.43. The van der Waals surface area contributed by atoms with E-state index in [0.717, 1.165) is 5.69 Å². The van der Waals surface area contributed by atoms with Gasteiger partial charge in [0.2, 0.25) is 0 Å². The number of hydrogen-bond acceptors (Lipinski definition) is 3. The molecule has 0 radical (unpaired) electrons. The molecule has 4 nitrogen and oxygen atoms in total. The first-order valence-corrected chi connectivity index (χ1v) is 7.29. The Morgan fingerprint density at radius 1 is 1.26 bits per heavy atom. The maximum absolute atomic E-state index is 13.1. The molecule has 0 saturated heterocycles. The number of aryl methyl sites for hydroxylation is 1. The van der Waals surface area contributed by atoms with Gasteiger partial charge in [-0.3, -0.25) is 0 Å². The van der Waals surface area contributed by atoms with Gasteiger partial charge in [0.15, 0.2) is 0 Å². The standard InChI is InChI=1S/C18H17FN2O2/c1-13-9-14(19)5-6-17(13)18(22)11-23-16-4-2-3-15(10-16)21-8-7-20-12-21/h2-10,12,18,22H,11H2,1H3. The van der Waals surface area contributed by atoms with E-state index in [2.05, 4.69) is 4.98 Å². The lowest BCUT2D eigenvalue weighted by molar-refractivity contribution is 0.107. The van der Waals surface area contributed by atoms with Crippen LogP contribution in [0.15, 0.2) is 61.2 Å². The van der Waals surface area contributed by atoms with Gasteiger partial charge in [-0.05, 0) is 42.3 Å². The second-order valence-electron chi connectivity index (χ2n) is 5.30. The molecule has 0 aliphatic heterocycles. The van der Waals surface area contributed by atoms with Crippen molar-refractivity contribution in [2.75, 3.05) is 6.61 Å². The maximum atomic E-state index is 13.1. The average molecular weight is 312 g/mol. The quantitative estimate of drug-likeness (QED) is 0.785. The first-order valence-electron chi connectivity index (χ1n) is 7.29. The van der Waals surface area contributed by atoms with Crippen LogP contribution in [0.1, 0.15) is 17.2 Å². The van der Waals surface area contributed by atoms with Crippen LogP contribution in [-0.2, 0) is 0 Å². The highest BCUT2D eigenvalue weighted by Crippen LogP contribution is 2.22. The van der Waals surface area contributed by atoms with Crippen LogP contribution in [0, 0.1) is 12.7 Å². The second kappa shape index (κ2) is 6.62. The molecular weight excluding hydrogens is 295 g/mol. The molecule has 5 heteroatoms. The summed E-state index contributed by atoms with van der Waals surface area (Å²) in [5.74, 6) is 0.336. The molecule has 0 spiro atoms. The summed E-state index contributed by atoms with van der Waals surface area (Å²) in [5.41, 5.74) is 2.29. The summed E-state index contributed by atoms with van der Waals surface area (Å²) >= 11 is 0. The van der Waals surface area contributed by atoms with Crippen molar-refractivity contribution in [3.8, 4) is 11.4 Å². The summed E-state index contributed by atoms with van der Waals surface area (Å²) in [6.45, 7) is 1.86. The van der Waals surface area contributed by atoms with E-state index in [1.54, 1.807) is 25.5 Å². The fourth-order valence-electron chi connectivity index (χ4n) is 2.42. The normalized spacial score (nSPS) is 12.1. The Kier molecular flexibility index (Phi) is 4.39. The molecule has 0 bridgehead atoms. The number of rotatable bonds is 5. The van der Waals surface area contributed by atoms with Gasteiger partial charge < -0.3 is 14.4 Å². The molecule has 2 aromatic carbocycles. The molecule has 0 saturated carbocycles. The van der Waals surface area contributed by atoms with Crippen molar-refractivity contribution >= 4 is 0 Å². The molecule has 118 valence electrons. The Balaban J connectivity index is 1.69. The SMILES string of the molecule is Cc1cc(F)ccc1C(O)COc1cccc(-n2ccnc2)c1. The summed E-state index contributed by atoms with van der Waals surface area (Å²) in [5, 5.41) is 10.2. The fourth-order valence-corrected chi connectivity index (χ4v) is 2.42. The van der Waals surface area contributed by atoms with Gasteiger partial charge in [-0.15, -0.1) is 0 Å². The molecule has 1 unspecified atom stereocenters. The maximum Gasteiger partial charge on any atom is 0.123 e. The summed E-state index contributed by atoms with van der Waals surface area (Å²) < 4.78 is 20.7. The highest BCUT2D eigenvalue weighted by molar-refractivity contribution is 5.39. The lowest BCUT2D eigenvalue weighted by atomic mass is 10.0. The highest BCUT2D eigenvalue weighted by atomic mass is 19.1. The van der Waals surface area contributed by atoms with Gasteiger partial charge in [0, 0.05) is 18.5 Å². The number of aromatic nitrogens is 2. The third-order valence-electron chi connectivity index (χ3n) is 3.62. The molecule has 1 N–H and O–H groups in total. The minimum Gasteiger partial charge on any atom is -0.490 e. The Bertz CT molecular complexity index is 787. The van der Waals surface area contributed by atoms with Crippen molar-refractivity contribution in [3.63, 3.8) is 0 Å². The van der Waals surface area contributed by atoms with E-state index >= 15 is 0 Å². The minimum absolute atomic E-state index is 0.0971. The topological polar surface area (TPSA) is 47.3 Å². The molecule has 3 rings (SSSR count). The van der Waals surface area contributed by atoms with E-state index in [9.17, 15) is 9.50 Å². The van der Waals surface area contributed by atoms with Gasteiger partial charge in [0.1, 0.15) is 24.3 Å². The molecule has 0 aliphatic rings. The zero-order chi connectivity index (χ0) is 16.2. The van der Waals surface area contributed by atoms with Gasteiger partial charge in [-0.2, -0.15) is 0 Å². The summed E-state index contributed by atoms with van der Waals surface area (Å²) in [6, 6.07) is 11.8. The summed E-state index contributed by atoms with van der Waals surface area (Å²) in [7, 11) is 0. The lowest BCUT2D eigenvalue weighted by Gasteiger charge is -2.15. The zero-order valence-electron chi connectivity index (χ0n) is 12.7. The number of nitrogens with zero attached hydrogens (tertiary/aromatic N) is 2. The van der Waals surface area contributed by atoms with Gasteiger partial charge >= 0.3 is 0 Å². The first-order chi connectivity index (χ1) is 11.1. The van der Waals surface area contributed by atoms with Crippen LogP contribution in [0.3, 0.4) is 0 Å². The van der Waals surface area contributed by atoms with Gasteiger partial charge in [0.05, 0.1) is 12.0 Å². The molecule has 3 aromatic rings. The monoisotopic (exact) mass is 312 g/mol. The largest absolute Gasteiger partial charge is 0.490 e. The molecule has 0 amide bonds. The molecular formula is C18H17FN2O2. The number of hydrogen-bond donors (Lipinski definition) is 1. The van der Waals surface area contributed by atoms with E-state index < -0.39 is 6.10 Å². The molecule has 1 heterocycles. The van der Waals surface area contributed by atoms with E-state index in [-0.39, 0.29) is 12.4 Å². The Labute approximate surface area is 133 Å². The van der Waals surface area contributed by atoms with Gasteiger partial charge in [-0.1, -0.05) is 12.1 Å². The minimum atomic E-state index is -0.812. The van der Waals surface area contributed by atoms with Crippen LogP contribution in [0.2, 0.25) is 0 Å². The first kappa shape index (κ1) is 15.2. The third-order valence-corrected chi connectivity index (χ3v) is 3.62. The molecule has 0 aliphatic carbocycles. The molecule has 0 fully saturated rings. The lowest BCUT2D eigenvalue weighted by Crippen LogP contribution is -2.11. The van der Waals surface area contributed by atoms with E-state index in [1.165, 1.54) is 12.1 Å². The predicted molar refractivity (Wildman–Crippen MR) is 85.2 cm³/mol. The number of benzene rings is 2. The smallest absolute Gasteiger partial charge is 0.123 e. The number of ether oxygens (including phenoxy) is 1. The van der Waals surface area contributed by atoms with E-state index in [1.807, 2.05) is 35.0 Å². The number of aliphatic hydroxyl groups is 1. The van der Waals surface area contributed by atoms with Gasteiger partial charge in [0.25, 0.3) is 0 Å². The number of imidazole rings is 1. The molecule has 1 atom stereocenters. The number of aliphatic hydroxyl groups excluding tert-OH is 1. The average Bonchev–Trinajstić information content (AvgIpc) is 3.07. The van der Waals surface area contributed by atoms with Crippen molar-refractivity contribution in [1.29, 1.82) is 0 Å². The van der Waals surface area contributed by atoms with Crippen LogP contribution in [0.5, 0.6) is 5.75 Å². The van der Waals surface area contributed by atoms with Crippen LogP contribution in [0.25, 0.3) is 5.69 Å². The Hall–Kier alpha value is -2.66. The van der Waals surface area contributed by atoms with Crippen molar-refractivity contribution in [1.82, 2.24) is 9.55 Å². The highest BCUT2D eigenvalue weighted by Gasteiger charge is 2.12. The Morgan fingerprint density at radius 2 is 2.13 bits per heavy atom. The van der Waals surface area contributed by atoms with Crippen LogP contribution >= 0.6 is 0 Å². The third kappa shape index (κ3) is 3.57. The van der Waals surface area contributed by atoms with E-state index in [4.69, 9.17) is 4.74 Å². The van der Waals surface area contributed by atoms with Crippen molar-refractivity contribution in [2.24, 2.45) is 0 Å².